The van der Waals surface area contributed by atoms with E-state index >= 15 is 0 Å². The molecule has 4 rings (SSSR count). The minimum absolute atomic E-state index is 0.186. The van der Waals surface area contributed by atoms with Gasteiger partial charge in [0, 0.05) is 17.1 Å². The standard InChI is InChI=1S/C22H18F2N2O3/c1-12(21(27)26-19-10-9-13(23)11-16(19)24)29-22(28)20-14-5-2-3-7-17(14)25-18-8-4-6-15(18)20/h2-3,5,7,9-12H,4,6,8H2,1H3,(H,26,27)/t12-/m0/s1. The zero-order valence-corrected chi connectivity index (χ0v) is 15.7. The highest BCUT2D eigenvalue weighted by Crippen LogP contribution is 2.30. The van der Waals surface area contributed by atoms with Crippen LogP contribution in [0, 0.1) is 11.6 Å². The molecule has 148 valence electrons. The van der Waals surface area contributed by atoms with Crippen LogP contribution < -0.4 is 5.32 Å². The van der Waals surface area contributed by atoms with Crippen LogP contribution >= 0.6 is 0 Å². The summed E-state index contributed by atoms with van der Waals surface area (Å²) in [5, 5.41) is 2.99. The van der Waals surface area contributed by atoms with Crippen LogP contribution in [0.4, 0.5) is 14.5 Å². The minimum Gasteiger partial charge on any atom is -0.449 e. The number of benzene rings is 2. The molecule has 1 atom stereocenters. The predicted octanol–water partition coefficient (Wildman–Crippen LogP) is 4.19. The van der Waals surface area contributed by atoms with Gasteiger partial charge in [-0.25, -0.2) is 13.6 Å². The number of fused-ring (bicyclic) bond motifs is 2. The molecule has 3 aromatic rings. The number of nitrogens with one attached hydrogen (secondary N) is 1. The van der Waals surface area contributed by atoms with Gasteiger partial charge in [0.1, 0.15) is 11.6 Å². The lowest BCUT2D eigenvalue weighted by molar-refractivity contribution is -0.123. The zero-order chi connectivity index (χ0) is 20.5. The molecule has 0 saturated carbocycles. The summed E-state index contributed by atoms with van der Waals surface area (Å²) >= 11 is 0. The first-order chi connectivity index (χ1) is 13.9. The molecule has 1 N–H and O–H groups in total. The number of nitrogens with zero attached hydrogens (tertiary/aromatic N) is 1. The van der Waals surface area contributed by atoms with Gasteiger partial charge in [-0.1, -0.05) is 18.2 Å². The van der Waals surface area contributed by atoms with E-state index in [0.29, 0.717) is 22.5 Å². The number of carbonyl (C=O) groups excluding carboxylic acids is 2. The van der Waals surface area contributed by atoms with Gasteiger partial charge >= 0.3 is 5.97 Å². The Kier molecular flexibility index (Phi) is 4.96. The molecule has 0 aliphatic heterocycles. The Morgan fingerprint density at radius 2 is 1.93 bits per heavy atom. The van der Waals surface area contributed by atoms with Gasteiger partial charge in [-0.3, -0.25) is 9.78 Å². The van der Waals surface area contributed by atoms with E-state index in [-0.39, 0.29) is 5.69 Å². The second-order valence-corrected chi connectivity index (χ2v) is 6.94. The first-order valence-corrected chi connectivity index (χ1v) is 9.31. The molecule has 0 fully saturated rings. The van der Waals surface area contributed by atoms with Crippen molar-refractivity contribution in [2.75, 3.05) is 5.32 Å². The first kappa shape index (κ1) is 19.0. The number of hydrogen-bond donors (Lipinski definition) is 1. The first-order valence-electron chi connectivity index (χ1n) is 9.31. The Bertz CT molecular complexity index is 1130. The monoisotopic (exact) mass is 396 g/mol. The van der Waals surface area contributed by atoms with Crippen molar-refractivity contribution in [2.24, 2.45) is 0 Å². The van der Waals surface area contributed by atoms with E-state index in [4.69, 9.17) is 4.74 Å². The molecule has 5 nitrogen and oxygen atoms in total. The Morgan fingerprint density at radius 3 is 2.72 bits per heavy atom. The second kappa shape index (κ2) is 7.58. The highest BCUT2D eigenvalue weighted by molar-refractivity contribution is 6.06. The molecule has 1 aromatic heterocycles. The van der Waals surface area contributed by atoms with E-state index in [9.17, 15) is 18.4 Å². The van der Waals surface area contributed by atoms with Crippen molar-refractivity contribution in [3.05, 3.63) is 70.9 Å². The number of carbonyl (C=O) groups is 2. The predicted molar refractivity (Wildman–Crippen MR) is 104 cm³/mol. The molecule has 0 saturated heterocycles. The highest BCUT2D eigenvalue weighted by Gasteiger charge is 2.27. The van der Waals surface area contributed by atoms with Gasteiger partial charge in [0.15, 0.2) is 6.10 Å². The van der Waals surface area contributed by atoms with Crippen LogP contribution in [-0.4, -0.2) is 23.0 Å². The maximum atomic E-state index is 13.8. The van der Waals surface area contributed by atoms with E-state index < -0.39 is 29.6 Å². The van der Waals surface area contributed by atoms with Crippen LogP contribution in [0.1, 0.15) is 35.0 Å². The number of ether oxygens (including phenoxy) is 1. The molecule has 29 heavy (non-hydrogen) atoms. The van der Waals surface area contributed by atoms with Crippen molar-refractivity contribution >= 4 is 28.5 Å². The molecule has 2 aromatic carbocycles. The topological polar surface area (TPSA) is 68.3 Å². The number of amides is 1. The average molecular weight is 396 g/mol. The van der Waals surface area contributed by atoms with Gasteiger partial charge in [-0.15, -0.1) is 0 Å². The third kappa shape index (κ3) is 3.68. The maximum Gasteiger partial charge on any atom is 0.339 e. The summed E-state index contributed by atoms with van der Waals surface area (Å²) < 4.78 is 32.2. The minimum atomic E-state index is -1.17. The van der Waals surface area contributed by atoms with Crippen molar-refractivity contribution < 1.29 is 23.1 Å². The number of pyridine rings is 1. The van der Waals surface area contributed by atoms with Crippen molar-refractivity contribution in [3.63, 3.8) is 0 Å². The van der Waals surface area contributed by atoms with Crippen molar-refractivity contribution in [3.8, 4) is 0 Å². The smallest absolute Gasteiger partial charge is 0.339 e. The van der Waals surface area contributed by atoms with Crippen molar-refractivity contribution in [2.45, 2.75) is 32.3 Å². The van der Waals surface area contributed by atoms with E-state index in [1.807, 2.05) is 18.2 Å². The summed E-state index contributed by atoms with van der Waals surface area (Å²) in [5.74, 6) is -2.99. The number of esters is 1. The number of para-hydroxylation sites is 1. The van der Waals surface area contributed by atoms with Crippen LogP contribution in [0.2, 0.25) is 0 Å². The third-order valence-corrected chi connectivity index (χ3v) is 4.97. The molecule has 7 heteroatoms. The fourth-order valence-electron chi connectivity index (χ4n) is 3.54. The number of rotatable bonds is 4. The molecule has 0 radical (unpaired) electrons. The summed E-state index contributed by atoms with van der Waals surface area (Å²) in [6, 6.07) is 10.1. The number of halogens is 2. The van der Waals surface area contributed by atoms with E-state index in [1.54, 1.807) is 6.07 Å². The van der Waals surface area contributed by atoms with Crippen molar-refractivity contribution in [1.82, 2.24) is 4.98 Å². The number of hydrogen-bond acceptors (Lipinski definition) is 4. The fraction of sp³-hybridized carbons (Fsp3) is 0.227. The molecule has 1 aliphatic rings. The van der Waals surface area contributed by atoms with Crippen molar-refractivity contribution in [1.29, 1.82) is 0 Å². The lowest BCUT2D eigenvalue weighted by Crippen LogP contribution is -2.30. The lowest BCUT2D eigenvalue weighted by atomic mass is 10.0. The lowest BCUT2D eigenvalue weighted by Gasteiger charge is -2.16. The highest BCUT2D eigenvalue weighted by atomic mass is 19.1. The summed E-state index contributed by atoms with van der Waals surface area (Å²) in [5.41, 5.74) is 2.67. The Labute approximate surface area is 165 Å². The summed E-state index contributed by atoms with van der Waals surface area (Å²) in [4.78, 5) is 29.9. The van der Waals surface area contributed by atoms with E-state index in [1.165, 1.54) is 6.92 Å². The summed E-state index contributed by atoms with van der Waals surface area (Å²) in [7, 11) is 0. The molecule has 0 bridgehead atoms. The third-order valence-electron chi connectivity index (χ3n) is 4.97. The maximum absolute atomic E-state index is 13.8. The van der Waals surface area contributed by atoms with E-state index in [0.717, 1.165) is 42.7 Å². The average Bonchev–Trinajstić information content (AvgIpc) is 3.15. The van der Waals surface area contributed by atoms with Crippen LogP contribution in [0.5, 0.6) is 0 Å². The van der Waals surface area contributed by atoms with Crippen LogP contribution in [0.15, 0.2) is 42.5 Å². The number of aryl methyl sites for hydroxylation is 1. The Hall–Kier alpha value is -3.35. The van der Waals surface area contributed by atoms with Gasteiger partial charge in [0.2, 0.25) is 0 Å². The number of aromatic nitrogens is 1. The normalized spacial score (nSPS) is 13.8. The van der Waals surface area contributed by atoms with Crippen LogP contribution in [0.25, 0.3) is 10.9 Å². The number of anilines is 1. The molecular weight excluding hydrogens is 378 g/mol. The van der Waals surface area contributed by atoms with Gasteiger partial charge in [0.05, 0.1) is 16.8 Å². The Morgan fingerprint density at radius 1 is 1.14 bits per heavy atom. The fourth-order valence-corrected chi connectivity index (χ4v) is 3.54. The summed E-state index contributed by atoms with van der Waals surface area (Å²) in [6.07, 6.45) is 1.24. The molecule has 0 spiro atoms. The molecular formula is C22H18F2N2O3. The summed E-state index contributed by atoms with van der Waals surface area (Å²) in [6.45, 7) is 1.40. The second-order valence-electron chi connectivity index (χ2n) is 6.94. The van der Waals surface area contributed by atoms with Gasteiger partial charge in [0.25, 0.3) is 5.91 Å². The van der Waals surface area contributed by atoms with Crippen LogP contribution in [0.3, 0.4) is 0 Å². The van der Waals surface area contributed by atoms with Gasteiger partial charge in [-0.2, -0.15) is 0 Å². The molecule has 1 aliphatic carbocycles. The van der Waals surface area contributed by atoms with Gasteiger partial charge < -0.3 is 10.1 Å². The zero-order valence-electron chi connectivity index (χ0n) is 15.7. The van der Waals surface area contributed by atoms with Crippen LogP contribution in [-0.2, 0) is 22.4 Å². The van der Waals surface area contributed by atoms with E-state index in [2.05, 4.69) is 10.3 Å². The molecule has 1 amide bonds. The van der Waals surface area contributed by atoms with Gasteiger partial charge in [-0.05, 0) is 49.9 Å². The largest absolute Gasteiger partial charge is 0.449 e. The Balaban J connectivity index is 1.57. The quantitative estimate of drug-likeness (QED) is 0.672. The molecule has 0 unspecified atom stereocenters. The SMILES string of the molecule is C[C@H](OC(=O)c1c2c(nc3ccccc13)CCC2)C(=O)Nc1ccc(F)cc1F. The molecule has 1 heterocycles.